The molecule has 8 heteroatoms. The lowest BCUT2D eigenvalue weighted by Crippen LogP contribution is -2.27. The number of hydrogen-bond donors (Lipinski definition) is 2. The third-order valence-corrected chi connectivity index (χ3v) is 5.00. The van der Waals surface area contributed by atoms with E-state index in [0.717, 1.165) is 5.76 Å². The number of carbonyl (C=O) groups excluding carboxylic acids is 1. The molecule has 2 aliphatic rings. The van der Waals surface area contributed by atoms with Crippen LogP contribution in [-0.2, 0) is 4.79 Å². The van der Waals surface area contributed by atoms with Gasteiger partial charge in [-0.1, -0.05) is 18.2 Å². The number of furan rings is 1. The van der Waals surface area contributed by atoms with Crippen molar-refractivity contribution in [1.29, 1.82) is 0 Å². The Morgan fingerprint density at radius 2 is 1.93 bits per heavy atom. The Morgan fingerprint density at radius 3 is 2.74 bits per heavy atom. The molecule has 7 nitrogen and oxygen atoms in total. The molecule has 5 rings (SSSR count). The molecule has 0 fully saturated rings. The molecule has 0 saturated heterocycles. The Labute approximate surface area is 153 Å². The van der Waals surface area contributed by atoms with Gasteiger partial charge in [-0.15, -0.1) is 0 Å². The summed E-state index contributed by atoms with van der Waals surface area (Å²) in [7, 11) is 0. The van der Waals surface area contributed by atoms with E-state index >= 15 is 0 Å². The number of fused-ring (bicyclic) bond motifs is 1. The second-order valence-electron chi connectivity index (χ2n) is 6.62. The van der Waals surface area contributed by atoms with Crippen LogP contribution in [-0.4, -0.2) is 16.1 Å². The van der Waals surface area contributed by atoms with Gasteiger partial charge < -0.3 is 15.1 Å². The second-order valence-corrected chi connectivity index (χ2v) is 6.62. The van der Waals surface area contributed by atoms with E-state index in [1.54, 1.807) is 30.5 Å². The van der Waals surface area contributed by atoms with Gasteiger partial charge in [-0.05, 0) is 34.9 Å². The molecule has 3 aromatic rings. The fraction of sp³-hybridized carbons (Fsp3) is 0.211. The number of nitrogens with one attached hydrogen (secondary N) is 2. The van der Waals surface area contributed by atoms with Crippen LogP contribution in [0.4, 0.5) is 16.0 Å². The number of Topliss-reactive ketones (excluding diaryl/α,β-unsaturated/α-hetero) is 1. The summed E-state index contributed by atoms with van der Waals surface area (Å²) in [5.74, 6) is 0.876. The molecule has 0 unspecified atom stereocenters. The molecule has 2 N–H and O–H groups in total. The average Bonchev–Trinajstić information content (AvgIpc) is 3.31. The summed E-state index contributed by atoms with van der Waals surface area (Å²) >= 11 is 0. The first kappa shape index (κ1) is 15.8. The number of hydrogen-bond acceptors (Lipinski definition) is 7. The number of anilines is 2. The van der Waals surface area contributed by atoms with Crippen LogP contribution in [0.15, 0.2) is 63.0 Å². The highest BCUT2D eigenvalue weighted by Gasteiger charge is 2.38. The number of ketones is 1. The largest absolute Gasteiger partial charge is 0.469 e. The third kappa shape index (κ3) is 2.61. The lowest BCUT2D eigenvalue weighted by atomic mass is 9.80. The lowest BCUT2D eigenvalue weighted by molar-refractivity contribution is -0.116. The summed E-state index contributed by atoms with van der Waals surface area (Å²) < 4.78 is 24.8. The maximum atomic E-state index is 14.5. The molecule has 0 bridgehead atoms. The van der Waals surface area contributed by atoms with Crippen LogP contribution in [0.1, 0.15) is 36.1 Å². The topological polar surface area (TPSA) is 93.2 Å². The van der Waals surface area contributed by atoms with Crippen molar-refractivity contribution >= 4 is 17.4 Å². The summed E-state index contributed by atoms with van der Waals surface area (Å²) in [6.45, 7) is 0. The van der Waals surface area contributed by atoms with Crippen LogP contribution in [0.2, 0.25) is 0 Å². The van der Waals surface area contributed by atoms with Crippen LogP contribution in [0.5, 0.6) is 0 Å². The highest BCUT2D eigenvalue weighted by Crippen LogP contribution is 2.43. The number of carbonyl (C=O) groups is 1. The molecule has 0 amide bonds. The van der Waals surface area contributed by atoms with Crippen LogP contribution in [0.25, 0.3) is 0 Å². The van der Waals surface area contributed by atoms with Gasteiger partial charge in [-0.2, -0.15) is 0 Å². The Balaban J connectivity index is 1.64. The predicted molar refractivity (Wildman–Crippen MR) is 93.4 cm³/mol. The molecule has 136 valence electrons. The number of allylic oxidation sites excluding steroid dienone is 1. The Kier molecular flexibility index (Phi) is 3.56. The van der Waals surface area contributed by atoms with Gasteiger partial charge in [-0.3, -0.25) is 4.79 Å². The first-order chi connectivity index (χ1) is 13.2. The number of halogens is 1. The Hall–Kier alpha value is -3.42. The van der Waals surface area contributed by atoms with Crippen molar-refractivity contribution in [1.82, 2.24) is 10.3 Å². The minimum atomic E-state index is -0.688. The molecule has 0 radical (unpaired) electrons. The van der Waals surface area contributed by atoms with Gasteiger partial charge in [0.05, 0.1) is 12.3 Å². The van der Waals surface area contributed by atoms with Crippen molar-refractivity contribution in [3.8, 4) is 0 Å². The van der Waals surface area contributed by atoms with Gasteiger partial charge in [0, 0.05) is 29.2 Å². The number of rotatable bonds is 2. The van der Waals surface area contributed by atoms with Gasteiger partial charge in [0.2, 0.25) is 11.6 Å². The fourth-order valence-corrected chi connectivity index (χ4v) is 3.77. The molecule has 0 spiro atoms. The number of nitrogens with zero attached hydrogens (tertiary/aromatic N) is 2. The molecule has 2 atom stereocenters. The SMILES string of the molecule is O=C1C[C@@H](c2ccco2)CC2=C1[C@H](c1ccccc1F)Nc1nonc1N2. The van der Waals surface area contributed by atoms with Crippen molar-refractivity contribution in [3.63, 3.8) is 0 Å². The van der Waals surface area contributed by atoms with Crippen LogP contribution in [0.3, 0.4) is 0 Å². The number of aromatic nitrogens is 2. The molecule has 27 heavy (non-hydrogen) atoms. The smallest absolute Gasteiger partial charge is 0.219 e. The maximum Gasteiger partial charge on any atom is 0.219 e. The van der Waals surface area contributed by atoms with E-state index in [0.29, 0.717) is 34.9 Å². The normalized spacial score (nSPS) is 21.7. The zero-order valence-corrected chi connectivity index (χ0v) is 14.1. The van der Waals surface area contributed by atoms with Gasteiger partial charge in [0.25, 0.3) is 0 Å². The van der Waals surface area contributed by atoms with E-state index in [1.807, 2.05) is 6.07 Å². The standard InChI is InChI=1S/C19H15FN4O3/c20-12-5-2-1-4-11(12)17-16-13(21-18-19(22-17)24-27-23-18)8-10(9-14(16)25)15-6-3-7-26-15/h1-7,10,17H,8-9H2,(H,21,23)(H,22,24)/t10-,17-/m0/s1. The number of benzene rings is 1. The lowest BCUT2D eigenvalue weighted by Gasteiger charge is -2.28. The summed E-state index contributed by atoms with van der Waals surface area (Å²) in [6, 6.07) is 9.34. The predicted octanol–water partition coefficient (Wildman–Crippen LogP) is 3.78. The molecule has 3 heterocycles. The molecule has 2 aromatic heterocycles. The van der Waals surface area contributed by atoms with Crippen molar-refractivity contribution < 1.29 is 18.2 Å². The van der Waals surface area contributed by atoms with Crippen molar-refractivity contribution in [2.75, 3.05) is 10.6 Å². The first-order valence-electron chi connectivity index (χ1n) is 8.61. The van der Waals surface area contributed by atoms with E-state index in [2.05, 4.69) is 20.9 Å². The monoisotopic (exact) mass is 366 g/mol. The Morgan fingerprint density at radius 1 is 1.07 bits per heavy atom. The molecular weight excluding hydrogens is 351 g/mol. The highest BCUT2D eigenvalue weighted by atomic mass is 19.1. The summed E-state index contributed by atoms with van der Waals surface area (Å²) in [4.78, 5) is 13.1. The second kappa shape index (κ2) is 6.08. The quantitative estimate of drug-likeness (QED) is 0.713. The van der Waals surface area contributed by atoms with Gasteiger partial charge in [0.15, 0.2) is 5.78 Å². The zero-order chi connectivity index (χ0) is 18.4. The zero-order valence-electron chi connectivity index (χ0n) is 14.1. The summed E-state index contributed by atoms with van der Waals surface area (Å²) in [5.41, 5.74) is 1.53. The molecule has 0 saturated carbocycles. The van der Waals surface area contributed by atoms with Gasteiger partial charge in [-0.25, -0.2) is 9.02 Å². The van der Waals surface area contributed by atoms with Gasteiger partial charge >= 0.3 is 0 Å². The fourth-order valence-electron chi connectivity index (χ4n) is 3.77. The van der Waals surface area contributed by atoms with E-state index in [4.69, 9.17) is 9.05 Å². The van der Waals surface area contributed by atoms with Gasteiger partial charge in [0.1, 0.15) is 11.6 Å². The first-order valence-corrected chi connectivity index (χ1v) is 8.61. The third-order valence-electron chi connectivity index (χ3n) is 5.00. The van der Waals surface area contributed by atoms with Crippen LogP contribution >= 0.6 is 0 Å². The van der Waals surface area contributed by atoms with Crippen molar-refractivity contribution in [2.24, 2.45) is 0 Å². The average molecular weight is 366 g/mol. The highest BCUT2D eigenvalue weighted by molar-refractivity contribution is 6.00. The molecule has 1 aliphatic carbocycles. The molecule has 1 aliphatic heterocycles. The Bertz CT molecular complexity index is 1040. The minimum absolute atomic E-state index is 0.0759. The van der Waals surface area contributed by atoms with Crippen LogP contribution in [0, 0.1) is 5.82 Å². The van der Waals surface area contributed by atoms with E-state index < -0.39 is 11.9 Å². The van der Waals surface area contributed by atoms with E-state index in [9.17, 15) is 9.18 Å². The molecular formula is C19H15FN4O3. The maximum absolute atomic E-state index is 14.5. The molecule has 1 aromatic carbocycles. The van der Waals surface area contributed by atoms with Crippen molar-refractivity contribution in [2.45, 2.75) is 24.8 Å². The van der Waals surface area contributed by atoms with Crippen LogP contribution < -0.4 is 10.6 Å². The van der Waals surface area contributed by atoms with Crippen molar-refractivity contribution in [3.05, 3.63) is 71.1 Å². The van der Waals surface area contributed by atoms with E-state index in [-0.39, 0.29) is 18.1 Å². The minimum Gasteiger partial charge on any atom is -0.469 e. The summed E-state index contributed by atoms with van der Waals surface area (Å²) in [6.07, 6.45) is 2.41. The summed E-state index contributed by atoms with van der Waals surface area (Å²) in [5, 5.41) is 13.9. The van der Waals surface area contributed by atoms with E-state index in [1.165, 1.54) is 6.07 Å².